The van der Waals surface area contributed by atoms with Crippen molar-refractivity contribution in [2.45, 2.75) is 32.6 Å². The van der Waals surface area contributed by atoms with Crippen molar-refractivity contribution >= 4 is 28.9 Å². The molecule has 0 bridgehead atoms. The molecular formula is C19H22ClN3O. The average molecular weight is 344 g/mol. The number of nitrogens with zero attached hydrogens (tertiary/aromatic N) is 2. The summed E-state index contributed by atoms with van der Waals surface area (Å²) >= 11 is 5.99. The molecule has 126 valence electrons. The highest BCUT2D eigenvalue weighted by molar-refractivity contribution is 6.31. The number of amides is 1. The van der Waals surface area contributed by atoms with Gasteiger partial charge in [-0.1, -0.05) is 30.5 Å². The number of pyridine rings is 1. The van der Waals surface area contributed by atoms with E-state index in [2.05, 4.69) is 15.2 Å². The Hall–Kier alpha value is -2.07. The zero-order chi connectivity index (χ0) is 16.9. The van der Waals surface area contributed by atoms with Gasteiger partial charge in [0.1, 0.15) is 5.69 Å². The Labute approximate surface area is 147 Å². The fourth-order valence-electron chi connectivity index (χ4n) is 2.95. The highest BCUT2D eigenvalue weighted by atomic mass is 35.5. The molecule has 1 aromatic carbocycles. The lowest BCUT2D eigenvalue weighted by atomic mass is 10.2. The summed E-state index contributed by atoms with van der Waals surface area (Å²) in [6.45, 7) is 4.06. The van der Waals surface area contributed by atoms with Crippen LogP contribution in [0.15, 0.2) is 36.5 Å². The van der Waals surface area contributed by atoms with Crippen molar-refractivity contribution in [3.63, 3.8) is 0 Å². The second-order valence-corrected chi connectivity index (χ2v) is 6.65. The Bertz CT molecular complexity index is 707. The first-order valence-electron chi connectivity index (χ1n) is 8.42. The van der Waals surface area contributed by atoms with E-state index in [4.69, 9.17) is 11.6 Å². The van der Waals surface area contributed by atoms with E-state index < -0.39 is 0 Å². The topological polar surface area (TPSA) is 45.2 Å². The number of hydrogen-bond donors (Lipinski definition) is 1. The minimum absolute atomic E-state index is 0.220. The van der Waals surface area contributed by atoms with Gasteiger partial charge < -0.3 is 10.2 Å². The maximum atomic E-state index is 12.4. The molecule has 1 fully saturated rings. The van der Waals surface area contributed by atoms with E-state index in [-0.39, 0.29) is 5.91 Å². The predicted molar refractivity (Wildman–Crippen MR) is 99.1 cm³/mol. The summed E-state index contributed by atoms with van der Waals surface area (Å²) in [6, 6.07) is 9.21. The molecular weight excluding hydrogens is 322 g/mol. The van der Waals surface area contributed by atoms with E-state index in [1.54, 1.807) is 24.4 Å². The van der Waals surface area contributed by atoms with E-state index in [1.165, 1.54) is 25.7 Å². The number of carbonyl (C=O) groups excluding carboxylic acids is 1. The fourth-order valence-corrected chi connectivity index (χ4v) is 3.12. The number of aryl methyl sites for hydroxylation is 1. The van der Waals surface area contributed by atoms with E-state index in [0.29, 0.717) is 16.4 Å². The molecule has 0 aliphatic carbocycles. The van der Waals surface area contributed by atoms with Crippen molar-refractivity contribution in [1.82, 2.24) is 4.98 Å². The normalized spacial score (nSPS) is 15.0. The summed E-state index contributed by atoms with van der Waals surface area (Å²) in [6.07, 6.45) is 6.82. The number of anilines is 2. The average Bonchev–Trinajstić information content (AvgIpc) is 2.87. The Balaban J connectivity index is 1.70. The first kappa shape index (κ1) is 16.8. The molecule has 3 rings (SSSR count). The van der Waals surface area contributed by atoms with Crippen LogP contribution in [0.25, 0.3) is 0 Å². The number of hydrogen-bond acceptors (Lipinski definition) is 3. The summed E-state index contributed by atoms with van der Waals surface area (Å²) in [5.41, 5.74) is 3.18. The molecule has 24 heavy (non-hydrogen) atoms. The molecule has 0 radical (unpaired) electrons. The van der Waals surface area contributed by atoms with Crippen molar-refractivity contribution in [2.75, 3.05) is 23.3 Å². The molecule has 1 aliphatic rings. The van der Waals surface area contributed by atoms with Gasteiger partial charge in [-0.15, -0.1) is 0 Å². The van der Waals surface area contributed by atoms with Gasteiger partial charge >= 0.3 is 0 Å². The summed E-state index contributed by atoms with van der Waals surface area (Å²) in [5, 5.41) is 3.47. The van der Waals surface area contributed by atoms with Crippen molar-refractivity contribution < 1.29 is 4.79 Å². The maximum Gasteiger partial charge on any atom is 0.274 e. The third-order valence-corrected chi connectivity index (χ3v) is 4.63. The quantitative estimate of drug-likeness (QED) is 0.880. The van der Waals surface area contributed by atoms with Crippen LogP contribution in [-0.4, -0.2) is 24.0 Å². The minimum Gasteiger partial charge on any atom is -0.370 e. The molecule has 4 nitrogen and oxygen atoms in total. The maximum absolute atomic E-state index is 12.4. The van der Waals surface area contributed by atoms with Crippen molar-refractivity contribution in [3.8, 4) is 0 Å². The number of nitrogens with one attached hydrogen (secondary N) is 1. The summed E-state index contributed by atoms with van der Waals surface area (Å²) < 4.78 is 0. The first-order valence-corrected chi connectivity index (χ1v) is 8.80. The number of halogens is 1. The van der Waals surface area contributed by atoms with Gasteiger partial charge in [-0.05, 0) is 49.6 Å². The fraction of sp³-hybridized carbons (Fsp3) is 0.368. The third kappa shape index (κ3) is 4.06. The second-order valence-electron chi connectivity index (χ2n) is 6.22. The highest BCUT2D eigenvalue weighted by Gasteiger charge is 2.13. The molecule has 1 aromatic heterocycles. The van der Waals surface area contributed by atoms with Crippen LogP contribution in [0.4, 0.5) is 11.4 Å². The zero-order valence-electron chi connectivity index (χ0n) is 13.9. The Morgan fingerprint density at radius 2 is 1.88 bits per heavy atom. The van der Waals surface area contributed by atoms with Crippen LogP contribution >= 0.6 is 11.6 Å². The third-order valence-electron chi connectivity index (χ3n) is 4.40. The van der Waals surface area contributed by atoms with E-state index >= 15 is 0 Å². The highest BCUT2D eigenvalue weighted by Crippen LogP contribution is 2.22. The number of benzene rings is 1. The SMILES string of the molecule is Cc1ccc(Cl)cc1NC(=O)c1ccc(N2CCCCCC2)cn1. The number of aromatic nitrogens is 1. The van der Waals surface area contributed by atoms with Gasteiger partial charge in [0.15, 0.2) is 0 Å². The molecule has 5 heteroatoms. The van der Waals surface area contributed by atoms with Crippen LogP contribution in [-0.2, 0) is 0 Å². The molecule has 0 unspecified atom stereocenters. The van der Waals surface area contributed by atoms with E-state index in [1.807, 2.05) is 19.1 Å². The largest absolute Gasteiger partial charge is 0.370 e. The van der Waals surface area contributed by atoms with E-state index in [9.17, 15) is 4.79 Å². The van der Waals surface area contributed by atoms with Crippen LogP contribution in [0.3, 0.4) is 0 Å². The van der Waals surface area contributed by atoms with Crippen LogP contribution in [0.5, 0.6) is 0 Å². The monoisotopic (exact) mass is 343 g/mol. The van der Waals surface area contributed by atoms with Gasteiger partial charge in [-0.2, -0.15) is 0 Å². The van der Waals surface area contributed by atoms with E-state index in [0.717, 1.165) is 24.3 Å². The predicted octanol–water partition coefficient (Wildman–Crippen LogP) is 4.68. The lowest BCUT2D eigenvalue weighted by molar-refractivity contribution is 0.102. The molecule has 0 saturated carbocycles. The van der Waals surface area contributed by atoms with Crippen molar-refractivity contribution in [3.05, 3.63) is 52.8 Å². The zero-order valence-corrected chi connectivity index (χ0v) is 14.6. The van der Waals surface area contributed by atoms with Gasteiger partial charge in [0.2, 0.25) is 0 Å². The molecule has 1 amide bonds. The standard InChI is InChI=1S/C19H22ClN3O/c1-14-6-7-15(20)12-18(14)22-19(24)17-9-8-16(13-21-17)23-10-4-2-3-5-11-23/h6-9,12-13H,2-5,10-11H2,1H3,(H,22,24). The smallest absolute Gasteiger partial charge is 0.274 e. The van der Waals surface area contributed by atoms with Crippen molar-refractivity contribution in [2.24, 2.45) is 0 Å². The van der Waals surface area contributed by atoms with Gasteiger partial charge in [-0.25, -0.2) is 4.98 Å². The lowest BCUT2D eigenvalue weighted by Gasteiger charge is -2.22. The number of rotatable bonds is 3. The molecule has 1 aliphatic heterocycles. The number of carbonyl (C=O) groups is 1. The lowest BCUT2D eigenvalue weighted by Crippen LogP contribution is -2.24. The summed E-state index contributed by atoms with van der Waals surface area (Å²) in [4.78, 5) is 19.1. The van der Waals surface area contributed by atoms with Gasteiger partial charge in [-0.3, -0.25) is 4.79 Å². The Kier molecular flexibility index (Phi) is 5.36. The van der Waals surface area contributed by atoms with Crippen LogP contribution in [0.1, 0.15) is 41.7 Å². The second kappa shape index (κ2) is 7.67. The molecule has 0 spiro atoms. The molecule has 1 saturated heterocycles. The van der Waals surface area contributed by atoms with Gasteiger partial charge in [0, 0.05) is 23.8 Å². The Morgan fingerprint density at radius 1 is 1.12 bits per heavy atom. The Morgan fingerprint density at radius 3 is 2.54 bits per heavy atom. The minimum atomic E-state index is -0.220. The van der Waals surface area contributed by atoms with Crippen LogP contribution < -0.4 is 10.2 Å². The molecule has 2 aromatic rings. The summed E-state index contributed by atoms with van der Waals surface area (Å²) in [7, 11) is 0. The van der Waals surface area contributed by atoms with Crippen molar-refractivity contribution in [1.29, 1.82) is 0 Å². The summed E-state index contributed by atoms with van der Waals surface area (Å²) in [5.74, 6) is -0.220. The molecule has 0 atom stereocenters. The van der Waals surface area contributed by atoms with Crippen LogP contribution in [0.2, 0.25) is 5.02 Å². The van der Waals surface area contributed by atoms with Gasteiger partial charge in [0.05, 0.1) is 11.9 Å². The molecule has 1 N–H and O–H groups in total. The van der Waals surface area contributed by atoms with Crippen LogP contribution in [0, 0.1) is 6.92 Å². The molecule has 2 heterocycles. The first-order chi connectivity index (χ1) is 11.6. The van der Waals surface area contributed by atoms with Gasteiger partial charge in [0.25, 0.3) is 5.91 Å².